The highest BCUT2D eigenvalue weighted by Crippen LogP contribution is 2.32. The third kappa shape index (κ3) is 1.78. The summed E-state index contributed by atoms with van der Waals surface area (Å²) in [6.07, 6.45) is 2.11. The van der Waals surface area contributed by atoms with Gasteiger partial charge in [-0.1, -0.05) is 36.4 Å². The number of benzene rings is 2. The van der Waals surface area contributed by atoms with Crippen LogP contribution in [0.2, 0.25) is 0 Å². The van der Waals surface area contributed by atoms with E-state index in [4.69, 9.17) is 10.7 Å². The van der Waals surface area contributed by atoms with Crippen LogP contribution in [-0.2, 0) is 7.05 Å². The molecule has 21 heavy (non-hydrogen) atoms. The maximum Gasteiger partial charge on any atom is 0.0751 e. The minimum absolute atomic E-state index is 0.767. The lowest BCUT2D eigenvalue weighted by atomic mass is 10.1. The number of nitrogens with zero attached hydrogens (tertiary/aromatic N) is 2. The van der Waals surface area contributed by atoms with Crippen molar-refractivity contribution in [1.29, 1.82) is 0 Å². The van der Waals surface area contributed by atoms with Gasteiger partial charge in [-0.2, -0.15) is 0 Å². The van der Waals surface area contributed by atoms with Gasteiger partial charge in [0.25, 0.3) is 0 Å². The molecule has 0 radical (unpaired) electrons. The molecule has 2 heterocycles. The van der Waals surface area contributed by atoms with Gasteiger partial charge >= 0.3 is 0 Å². The first-order valence-electron chi connectivity index (χ1n) is 6.94. The summed E-state index contributed by atoms with van der Waals surface area (Å²) in [6, 6.07) is 18.3. The standard InChI is InChI=1S/C18H15N3/c1-21-11-14(12-6-3-5-9-18(12)21)17-10-15(19)13-7-2-4-8-16(13)20-17/h2-11H,1H3,(H2,19,20). The first-order chi connectivity index (χ1) is 10.2. The summed E-state index contributed by atoms with van der Waals surface area (Å²) in [4.78, 5) is 4.78. The van der Waals surface area contributed by atoms with E-state index in [0.29, 0.717) is 0 Å². The van der Waals surface area contributed by atoms with Gasteiger partial charge < -0.3 is 10.3 Å². The van der Waals surface area contributed by atoms with Gasteiger partial charge in [0.05, 0.1) is 11.2 Å². The normalized spacial score (nSPS) is 11.3. The van der Waals surface area contributed by atoms with E-state index in [1.165, 1.54) is 10.9 Å². The smallest absolute Gasteiger partial charge is 0.0751 e. The van der Waals surface area contributed by atoms with Crippen LogP contribution in [0.3, 0.4) is 0 Å². The van der Waals surface area contributed by atoms with E-state index >= 15 is 0 Å². The zero-order chi connectivity index (χ0) is 14.4. The molecule has 0 fully saturated rings. The third-order valence-electron chi connectivity index (χ3n) is 3.92. The van der Waals surface area contributed by atoms with Crippen LogP contribution in [0.25, 0.3) is 33.1 Å². The Morgan fingerprint density at radius 2 is 1.67 bits per heavy atom. The summed E-state index contributed by atoms with van der Waals surface area (Å²) in [5.41, 5.74) is 11.1. The summed E-state index contributed by atoms with van der Waals surface area (Å²) in [5.74, 6) is 0. The fraction of sp³-hybridized carbons (Fsp3) is 0.0556. The predicted molar refractivity (Wildman–Crippen MR) is 88.1 cm³/mol. The van der Waals surface area contributed by atoms with Crippen molar-refractivity contribution in [2.24, 2.45) is 7.05 Å². The summed E-state index contributed by atoms with van der Waals surface area (Å²) in [7, 11) is 2.05. The fourth-order valence-corrected chi connectivity index (χ4v) is 2.89. The van der Waals surface area contributed by atoms with Gasteiger partial charge in [-0.15, -0.1) is 0 Å². The monoisotopic (exact) mass is 273 g/mol. The Bertz CT molecular complexity index is 967. The van der Waals surface area contributed by atoms with Gasteiger partial charge in [0.1, 0.15) is 0 Å². The average Bonchev–Trinajstić information content (AvgIpc) is 2.85. The van der Waals surface area contributed by atoms with Crippen LogP contribution in [0.1, 0.15) is 0 Å². The van der Waals surface area contributed by atoms with Crippen LogP contribution < -0.4 is 5.73 Å². The largest absolute Gasteiger partial charge is 0.398 e. The molecule has 4 aromatic rings. The van der Waals surface area contributed by atoms with E-state index in [-0.39, 0.29) is 0 Å². The quantitative estimate of drug-likeness (QED) is 0.570. The highest BCUT2D eigenvalue weighted by Gasteiger charge is 2.11. The highest BCUT2D eigenvalue weighted by atomic mass is 14.9. The summed E-state index contributed by atoms with van der Waals surface area (Å²) in [5, 5.41) is 2.20. The van der Waals surface area contributed by atoms with Crippen molar-refractivity contribution in [3.63, 3.8) is 0 Å². The maximum absolute atomic E-state index is 6.20. The molecular formula is C18H15N3. The Labute approximate surface area is 122 Å². The Morgan fingerprint density at radius 1 is 0.952 bits per heavy atom. The molecule has 0 aliphatic heterocycles. The van der Waals surface area contributed by atoms with Crippen molar-refractivity contribution in [2.45, 2.75) is 0 Å². The third-order valence-corrected chi connectivity index (χ3v) is 3.92. The van der Waals surface area contributed by atoms with Gasteiger partial charge in [-0.3, -0.25) is 0 Å². The molecule has 0 bridgehead atoms. The van der Waals surface area contributed by atoms with Crippen molar-refractivity contribution in [3.8, 4) is 11.3 Å². The second-order valence-corrected chi connectivity index (χ2v) is 5.28. The number of para-hydroxylation sites is 2. The number of nitrogens with two attached hydrogens (primary N) is 1. The van der Waals surface area contributed by atoms with Crippen molar-refractivity contribution in [1.82, 2.24) is 9.55 Å². The van der Waals surface area contributed by atoms with E-state index in [1.807, 2.05) is 36.4 Å². The number of fused-ring (bicyclic) bond motifs is 2. The van der Waals surface area contributed by atoms with Crippen LogP contribution in [0, 0.1) is 0 Å². The molecule has 2 aromatic heterocycles. The van der Waals surface area contributed by atoms with E-state index in [1.54, 1.807) is 0 Å². The fourth-order valence-electron chi connectivity index (χ4n) is 2.89. The van der Waals surface area contributed by atoms with Crippen LogP contribution in [-0.4, -0.2) is 9.55 Å². The molecule has 102 valence electrons. The van der Waals surface area contributed by atoms with Crippen molar-refractivity contribution in [3.05, 3.63) is 60.8 Å². The van der Waals surface area contributed by atoms with E-state index < -0.39 is 0 Å². The molecule has 0 saturated carbocycles. The Hall–Kier alpha value is -2.81. The molecule has 0 unspecified atom stereocenters. The van der Waals surface area contributed by atoms with Crippen LogP contribution in [0.15, 0.2) is 60.8 Å². The Kier molecular flexibility index (Phi) is 2.48. The number of aromatic nitrogens is 2. The van der Waals surface area contributed by atoms with Crippen molar-refractivity contribution < 1.29 is 0 Å². The molecule has 0 amide bonds. The molecule has 0 spiro atoms. The zero-order valence-corrected chi connectivity index (χ0v) is 11.7. The zero-order valence-electron chi connectivity index (χ0n) is 11.7. The minimum Gasteiger partial charge on any atom is -0.398 e. The highest BCUT2D eigenvalue weighted by molar-refractivity contribution is 5.99. The number of nitrogen functional groups attached to an aromatic ring is 1. The first-order valence-corrected chi connectivity index (χ1v) is 6.94. The first kappa shape index (κ1) is 12.0. The number of hydrogen-bond acceptors (Lipinski definition) is 2. The molecule has 3 heteroatoms. The summed E-state index contributed by atoms with van der Waals surface area (Å²) < 4.78 is 2.12. The van der Waals surface area contributed by atoms with Crippen LogP contribution in [0.4, 0.5) is 5.69 Å². The Balaban J connectivity index is 2.05. The summed E-state index contributed by atoms with van der Waals surface area (Å²) in [6.45, 7) is 0. The van der Waals surface area contributed by atoms with E-state index in [2.05, 4.69) is 36.0 Å². The topological polar surface area (TPSA) is 43.8 Å². The molecule has 2 N–H and O–H groups in total. The van der Waals surface area contributed by atoms with Gasteiger partial charge in [0.15, 0.2) is 0 Å². The lowest BCUT2D eigenvalue weighted by Crippen LogP contribution is -1.92. The summed E-state index contributed by atoms with van der Waals surface area (Å²) >= 11 is 0. The lowest BCUT2D eigenvalue weighted by Gasteiger charge is -2.05. The second-order valence-electron chi connectivity index (χ2n) is 5.28. The average molecular weight is 273 g/mol. The van der Waals surface area contributed by atoms with Gasteiger partial charge in [0.2, 0.25) is 0 Å². The van der Waals surface area contributed by atoms with Gasteiger partial charge in [-0.05, 0) is 18.2 Å². The molecule has 0 aliphatic carbocycles. The minimum atomic E-state index is 0.767. The Morgan fingerprint density at radius 3 is 2.52 bits per heavy atom. The van der Waals surface area contributed by atoms with Crippen LogP contribution in [0.5, 0.6) is 0 Å². The molecule has 2 aromatic carbocycles. The van der Waals surface area contributed by atoms with Crippen molar-refractivity contribution >= 4 is 27.5 Å². The van der Waals surface area contributed by atoms with Crippen LogP contribution >= 0.6 is 0 Å². The van der Waals surface area contributed by atoms with Gasteiger partial charge in [-0.25, -0.2) is 4.98 Å². The molecule has 0 atom stereocenters. The SMILES string of the molecule is Cn1cc(-c2cc(N)c3ccccc3n2)c2ccccc21. The number of aryl methyl sites for hydroxylation is 1. The molecule has 0 aliphatic rings. The number of hydrogen-bond donors (Lipinski definition) is 1. The van der Waals surface area contributed by atoms with E-state index in [0.717, 1.165) is 27.8 Å². The predicted octanol–water partition coefficient (Wildman–Crippen LogP) is 3.98. The second kappa shape index (κ2) is 4.35. The number of pyridine rings is 1. The van der Waals surface area contributed by atoms with E-state index in [9.17, 15) is 0 Å². The van der Waals surface area contributed by atoms with Gasteiger partial charge in [0, 0.05) is 40.8 Å². The molecular weight excluding hydrogens is 258 g/mol. The number of rotatable bonds is 1. The maximum atomic E-state index is 6.20. The lowest BCUT2D eigenvalue weighted by molar-refractivity contribution is 0.969. The van der Waals surface area contributed by atoms with Crippen molar-refractivity contribution in [2.75, 3.05) is 5.73 Å². The molecule has 4 rings (SSSR count). The number of anilines is 1. The molecule has 3 nitrogen and oxygen atoms in total. The molecule has 0 saturated heterocycles.